The number of aromatic hydroxyl groups is 1. The number of likely N-dealkylation sites (tertiary alicyclic amines) is 1. The van der Waals surface area contributed by atoms with Crippen molar-refractivity contribution in [1.82, 2.24) is 24.6 Å². The number of nitrogens with one attached hydrogen (secondary N) is 1. The molecule has 4 rings (SSSR count). The van der Waals surface area contributed by atoms with Crippen molar-refractivity contribution in [2.75, 3.05) is 25.5 Å². The molecular formula is C17H22N6OS. The van der Waals surface area contributed by atoms with Crippen LogP contribution in [-0.2, 0) is 0 Å². The maximum absolute atomic E-state index is 10.2. The smallest absolute Gasteiger partial charge is 0.196 e. The molecule has 3 aromatic heterocycles. The third-order valence-electron chi connectivity index (χ3n) is 4.59. The van der Waals surface area contributed by atoms with Gasteiger partial charge in [-0.3, -0.25) is 0 Å². The number of anilines is 1. The Balaban J connectivity index is 1.63. The van der Waals surface area contributed by atoms with Gasteiger partial charge in [0, 0.05) is 18.8 Å². The Morgan fingerprint density at radius 2 is 2.20 bits per heavy atom. The molecule has 1 atom stereocenters. The van der Waals surface area contributed by atoms with Gasteiger partial charge in [-0.2, -0.15) is 4.98 Å². The van der Waals surface area contributed by atoms with Crippen LogP contribution in [0.25, 0.3) is 16.2 Å². The average Bonchev–Trinajstić information content (AvgIpc) is 3.07. The van der Waals surface area contributed by atoms with E-state index in [9.17, 15) is 5.11 Å². The fraction of sp³-hybridized carbons (Fsp3) is 0.471. The monoisotopic (exact) mass is 358 g/mol. The fourth-order valence-electron chi connectivity index (χ4n) is 3.32. The SMILES string of the molecule is Cc1cnc(-n2nc3nc(N[C@@H]4CCCN(C)C4)sc3c2C)c(O)c1. The van der Waals surface area contributed by atoms with Crippen molar-refractivity contribution in [2.45, 2.75) is 32.7 Å². The van der Waals surface area contributed by atoms with E-state index in [0.717, 1.165) is 34.2 Å². The van der Waals surface area contributed by atoms with Gasteiger partial charge in [-0.25, -0.2) is 9.67 Å². The molecule has 0 unspecified atom stereocenters. The van der Waals surface area contributed by atoms with Gasteiger partial charge in [0.05, 0.1) is 10.4 Å². The highest BCUT2D eigenvalue weighted by Gasteiger charge is 2.21. The largest absolute Gasteiger partial charge is 0.504 e. The van der Waals surface area contributed by atoms with Crippen LogP contribution in [0, 0.1) is 13.8 Å². The van der Waals surface area contributed by atoms with Crippen LogP contribution < -0.4 is 5.32 Å². The van der Waals surface area contributed by atoms with Crippen LogP contribution in [0.4, 0.5) is 5.13 Å². The Bertz CT molecular complexity index is 917. The van der Waals surface area contributed by atoms with Gasteiger partial charge >= 0.3 is 0 Å². The molecule has 0 aliphatic carbocycles. The molecule has 2 N–H and O–H groups in total. The van der Waals surface area contributed by atoms with Crippen LogP contribution in [-0.4, -0.2) is 55.9 Å². The third-order valence-corrected chi connectivity index (χ3v) is 5.67. The lowest BCUT2D eigenvalue weighted by molar-refractivity contribution is 0.261. The average molecular weight is 358 g/mol. The minimum Gasteiger partial charge on any atom is -0.504 e. The summed E-state index contributed by atoms with van der Waals surface area (Å²) < 4.78 is 2.69. The zero-order valence-corrected chi connectivity index (χ0v) is 15.5. The highest BCUT2D eigenvalue weighted by atomic mass is 32.1. The van der Waals surface area contributed by atoms with E-state index in [2.05, 4.69) is 32.3 Å². The van der Waals surface area contributed by atoms with E-state index in [1.165, 1.54) is 12.8 Å². The molecule has 0 aromatic carbocycles. The molecule has 1 saturated heterocycles. The van der Waals surface area contributed by atoms with Gasteiger partial charge in [-0.15, -0.1) is 5.10 Å². The van der Waals surface area contributed by atoms with Gasteiger partial charge < -0.3 is 15.3 Å². The second-order valence-corrected chi connectivity index (χ2v) is 7.77. The Labute approximate surface area is 150 Å². The molecule has 132 valence electrons. The molecule has 0 bridgehead atoms. The van der Waals surface area contributed by atoms with E-state index in [4.69, 9.17) is 0 Å². The number of hydrogen-bond donors (Lipinski definition) is 2. The maximum atomic E-state index is 10.2. The first-order valence-corrected chi connectivity index (χ1v) is 9.30. The summed E-state index contributed by atoms with van der Waals surface area (Å²) >= 11 is 1.61. The molecule has 0 amide bonds. The van der Waals surface area contributed by atoms with Crippen molar-refractivity contribution in [3.05, 3.63) is 23.5 Å². The lowest BCUT2D eigenvalue weighted by Gasteiger charge is -2.29. The summed E-state index contributed by atoms with van der Waals surface area (Å²) in [7, 11) is 2.15. The molecule has 1 aliphatic heterocycles. The summed E-state index contributed by atoms with van der Waals surface area (Å²) in [4.78, 5) is 11.3. The predicted octanol–water partition coefficient (Wildman–Crippen LogP) is 2.71. The molecule has 0 saturated carbocycles. The van der Waals surface area contributed by atoms with Crippen molar-refractivity contribution >= 4 is 26.8 Å². The summed E-state index contributed by atoms with van der Waals surface area (Å²) in [6, 6.07) is 2.13. The Hall–Kier alpha value is -2.19. The van der Waals surface area contributed by atoms with Gasteiger partial charge in [0.1, 0.15) is 0 Å². The van der Waals surface area contributed by atoms with Gasteiger partial charge in [0.25, 0.3) is 0 Å². The summed E-state index contributed by atoms with van der Waals surface area (Å²) in [5.41, 5.74) is 2.54. The fourth-order valence-corrected chi connectivity index (χ4v) is 4.28. The lowest BCUT2D eigenvalue weighted by atomic mass is 10.1. The molecule has 0 spiro atoms. The summed E-state index contributed by atoms with van der Waals surface area (Å²) in [5, 5.41) is 19.2. The topological polar surface area (TPSA) is 79.1 Å². The first-order valence-electron chi connectivity index (χ1n) is 8.48. The van der Waals surface area contributed by atoms with Crippen molar-refractivity contribution in [2.24, 2.45) is 0 Å². The quantitative estimate of drug-likeness (QED) is 0.749. The molecule has 1 fully saturated rings. The standard InChI is InChI=1S/C17H22N6OS/c1-10-7-13(24)16(18-8-10)23-11(2)14-15(21-23)20-17(25-14)19-12-5-4-6-22(3)9-12/h7-8,12,24H,4-6,9H2,1-3H3,(H,19,20,21)/t12-/m1/s1. The minimum atomic E-state index is 0.127. The highest BCUT2D eigenvalue weighted by molar-refractivity contribution is 7.22. The molecule has 0 radical (unpaired) electrons. The van der Waals surface area contributed by atoms with E-state index < -0.39 is 0 Å². The molecule has 25 heavy (non-hydrogen) atoms. The van der Waals surface area contributed by atoms with Crippen molar-refractivity contribution in [3.8, 4) is 11.6 Å². The Morgan fingerprint density at radius 3 is 2.92 bits per heavy atom. The minimum absolute atomic E-state index is 0.127. The zero-order valence-electron chi connectivity index (χ0n) is 14.7. The number of pyridine rings is 1. The molecule has 1 aliphatic rings. The number of aryl methyl sites for hydroxylation is 2. The second-order valence-electron chi connectivity index (χ2n) is 6.77. The number of rotatable bonds is 3. The van der Waals surface area contributed by atoms with Gasteiger partial charge in [-0.05, 0) is 51.9 Å². The molecular weight excluding hydrogens is 336 g/mol. The number of hydrogen-bond acceptors (Lipinski definition) is 7. The number of aromatic nitrogens is 4. The van der Waals surface area contributed by atoms with E-state index in [0.29, 0.717) is 17.5 Å². The number of thiazole rings is 1. The van der Waals surface area contributed by atoms with Crippen LogP contribution in [0.3, 0.4) is 0 Å². The number of likely N-dealkylation sites (N-methyl/N-ethyl adjacent to an activating group) is 1. The number of fused-ring (bicyclic) bond motifs is 1. The van der Waals surface area contributed by atoms with E-state index in [-0.39, 0.29) is 5.75 Å². The van der Waals surface area contributed by atoms with E-state index >= 15 is 0 Å². The second kappa shape index (κ2) is 6.27. The van der Waals surface area contributed by atoms with Crippen LogP contribution in [0.2, 0.25) is 0 Å². The Morgan fingerprint density at radius 1 is 1.36 bits per heavy atom. The highest BCUT2D eigenvalue weighted by Crippen LogP contribution is 2.32. The summed E-state index contributed by atoms with van der Waals surface area (Å²) in [5.74, 6) is 0.568. The summed E-state index contributed by atoms with van der Waals surface area (Å²) in [6.07, 6.45) is 4.10. The van der Waals surface area contributed by atoms with Gasteiger partial charge in [-0.1, -0.05) is 11.3 Å². The van der Waals surface area contributed by atoms with Crippen LogP contribution in [0.5, 0.6) is 5.75 Å². The van der Waals surface area contributed by atoms with Crippen LogP contribution in [0.1, 0.15) is 24.1 Å². The first kappa shape index (κ1) is 16.3. The van der Waals surface area contributed by atoms with Crippen LogP contribution in [0.15, 0.2) is 12.3 Å². The van der Waals surface area contributed by atoms with Gasteiger partial charge in [0.15, 0.2) is 22.3 Å². The predicted molar refractivity (Wildman–Crippen MR) is 99.8 cm³/mol. The Kier molecular flexibility index (Phi) is 4.09. The first-order chi connectivity index (χ1) is 12.0. The van der Waals surface area contributed by atoms with E-state index in [1.807, 2.05) is 13.8 Å². The summed E-state index contributed by atoms with van der Waals surface area (Å²) in [6.45, 7) is 6.08. The number of piperidine rings is 1. The zero-order chi connectivity index (χ0) is 17.6. The molecule has 7 nitrogen and oxygen atoms in total. The van der Waals surface area contributed by atoms with Crippen molar-refractivity contribution in [3.63, 3.8) is 0 Å². The molecule has 3 aromatic rings. The maximum Gasteiger partial charge on any atom is 0.196 e. The lowest BCUT2D eigenvalue weighted by Crippen LogP contribution is -2.39. The third kappa shape index (κ3) is 3.07. The van der Waals surface area contributed by atoms with E-state index in [1.54, 1.807) is 28.3 Å². The van der Waals surface area contributed by atoms with Crippen molar-refractivity contribution in [1.29, 1.82) is 0 Å². The molecule has 4 heterocycles. The van der Waals surface area contributed by atoms with Crippen LogP contribution >= 0.6 is 11.3 Å². The van der Waals surface area contributed by atoms with Crippen molar-refractivity contribution < 1.29 is 5.11 Å². The number of nitrogens with zero attached hydrogens (tertiary/aromatic N) is 5. The normalized spacial score (nSPS) is 18.8. The van der Waals surface area contributed by atoms with Gasteiger partial charge in [0.2, 0.25) is 0 Å². The molecule has 8 heteroatoms.